The van der Waals surface area contributed by atoms with Gasteiger partial charge in [-0.15, -0.1) is 0 Å². The zero-order chi connectivity index (χ0) is 26.8. The molecule has 0 radical (unpaired) electrons. The van der Waals surface area contributed by atoms with Crippen molar-refractivity contribution in [2.24, 2.45) is 0 Å². The number of fused-ring (bicyclic) bond motifs is 1. The number of nitrogens with zero attached hydrogens (tertiary/aromatic N) is 7. The fourth-order valence-electron chi connectivity index (χ4n) is 5.09. The van der Waals surface area contributed by atoms with Gasteiger partial charge in [0.05, 0.1) is 30.7 Å². The van der Waals surface area contributed by atoms with Gasteiger partial charge in [0.2, 0.25) is 11.9 Å². The van der Waals surface area contributed by atoms with Crippen LogP contribution in [0.2, 0.25) is 0 Å². The van der Waals surface area contributed by atoms with Gasteiger partial charge in [0, 0.05) is 57.0 Å². The first-order valence-corrected chi connectivity index (χ1v) is 13.3. The van der Waals surface area contributed by atoms with Crippen LogP contribution >= 0.6 is 0 Å². The molecule has 4 aromatic rings. The largest absolute Gasteiger partial charge is 0.378 e. The highest BCUT2D eigenvalue weighted by Gasteiger charge is 2.21. The van der Waals surface area contributed by atoms with Crippen LogP contribution < -0.4 is 10.6 Å². The van der Waals surface area contributed by atoms with Crippen LogP contribution in [-0.4, -0.2) is 95.2 Å². The van der Waals surface area contributed by atoms with Gasteiger partial charge in [-0.05, 0) is 35.9 Å². The van der Waals surface area contributed by atoms with E-state index in [1.54, 1.807) is 12.4 Å². The molecule has 39 heavy (non-hydrogen) atoms. The van der Waals surface area contributed by atoms with Crippen molar-refractivity contribution >= 4 is 28.6 Å². The molecule has 0 bridgehead atoms. The number of piperazine rings is 1. The van der Waals surface area contributed by atoms with Gasteiger partial charge in [-0.1, -0.05) is 30.3 Å². The van der Waals surface area contributed by atoms with Crippen LogP contribution in [0.3, 0.4) is 0 Å². The first-order chi connectivity index (χ1) is 19.0. The first-order valence-electron chi connectivity index (χ1n) is 13.3. The lowest BCUT2D eigenvalue weighted by Gasteiger charge is -2.32. The van der Waals surface area contributed by atoms with E-state index in [9.17, 15) is 4.79 Å². The van der Waals surface area contributed by atoms with Gasteiger partial charge in [0.15, 0.2) is 5.82 Å². The molecule has 2 aromatic heterocycles. The van der Waals surface area contributed by atoms with Gasteiger partial charge in [-0.2, -0.15) is 0 Å². The van der Waals surface area contributed by atoms with Crippen molar-refractivity contribution < 1.29 is 9.53 Å². The number of morpholine rings is 1. The van der Waals surface area contributed by atoms with Crippen molar-refractivity contribution in [3.63, 3.8) is 0 Å². The molecule has 0 aliphatic carbocycles. The van der Waals surface area contributed by atoms with Crippen LogP contribution in [0.25, 0.3) is 33.4 Å². The van der Waals surface area contributed by atoms with Crippen LogP contribution in [0.4, 0.5) is 11.8 Å². The number of anilines is 2. The molecule has 1 amide bonds. The number of nitrogens with two attached hydrogens (primary N) is 1. The van der Waals surface area contributed by atoms with Crippen molar-refractivity contribution in [3.8, 4) is 22.5 Å². The molecule has 2 saturated heterocycles. The van der Waals surface area contributed by atoms with Crippen LogP contribution in [0.5, 0.6) is 0 Å². The lowest BCUT2D eigenvalue weighted by molar-refractivity contribution is -0.132. The molecular weight excluding hydrogens is 492 g/mol. The molecule has 200 valence electrons. The summed E-state index contributed by atoms with van der Waals surface area (Å²) in [6.07, 6.45) is 3.70. The third kappa shape index (κ3) is 5.52. The summed E-state index contributed by atoms with van der Waals surface area (Å²) in [4.78, 5) is 37.5. The van der Waals surface area contributed by atoms with Gasteiger partial charge in [0.25, 0.3) is 0 Å². The molecule has 0 atom stereocenters. The summed E-state index contributed by atoms with van der Waals surface area (Å²) in [5.74, 6) is 1.80. The number of carbonyl (C=O) groups is 1. The molecule has 10 nitrogen and oxygen atoms in total. The fraction of sp³-hybridized carbons (Fsp3) is 0.345. The Labute approximate surface area is 227 Å². The highest BCUT2D eigenvalue weighted by atomic mass is 16.5. The molecule has 4 heterocycles. The van der Waals surface area contributed by atoms with E-state index in [2.05, 4.69) is 57.1 Å². The number of ether oxygens (including phenoxy) is 1. The summed E-state index contributed by atoms with van der Waals surface area (Å²) < 4.78 is 5.57. The molecule has 6 rings (SSSR count). The van der Waals surface area contributed by atoms with E-state index in [1.165, 1.54) is 0 Å². The first kappa shape index (κ1) is 25.1. The molecule has 0 saturated carbocycles. The number of hydrogen-bond donors (Lipinski definition) is 1. The number of benzene rings is 2. The van der Waals surface area contributed by atoms with Crippen LogP contribution in [0.1, 0.15) is 5.56 Å². The number of rotatable bonds is 5. The van der Waals surface area contributed by atoms with Crippen molar-refractivity contribution in [1.82, 2.24) is 29.7 Å². The second kappa shape index (κ2) is 10.9. The van der Waals surface area contributed by atoms with E-state index in [0.717, 1.165) is 72.7 Å². The van der Waals surface area contributed by atoms with Crippen LogP contribution in [-0.2, 0) is 16.0 Å². The third-order valence-corrected chi connectivity index (χ3v) is 7.39. The van der Waals surface area contributed by atoms with Gasteiger partial charge >= 0.3 is 0 Å². The average Bonchev–Trinajstić information content (AvgIpc) is 2.97. The van der Waals surface area contributed by atoms with E-state index < -0.39 is 0 Å². The molecule has 10 heteroatoms. The maximum atomic E-state index is 12.9. The molecule has 0 spiro atoms. The minimum atomic E-state index is 0.178. The number of hydrogen-bond acceptors (Lipinski definition) is 9. The summed E-state index contributed by atoms with van der Waals surface area (Å²) in [6.45, 7) is 6.23. The summed E-state index contributed by atoms with van der Waals surface area (Å²) in [7, 11) is 2.09. The predicted molar refractivity (Wildman–Crippen MR) is 151 cm³/mol. The monoisotopic (exact) mass is 524 g/mol. The molecule has 2 aliphatic heterocycles. The Morgan fingerprint density at radius 3 is 2.41 bits per heavy atom. The van der Waals surface area contributed by atoms with E-state index >= 15 is 0 Å². The van der Waals surface area contributed by atoms with Crippen LogP contribution in [0, 0.1) is 0 Å². The van der Waals surface area contributed by atoms with Gasteiger partial charge in [-0.25, -0.2) is 19.9 Å². The summed E-state index contributed by atoms with van der Waals surface area (Å²) in [5.41, 5.74) is 10.3. The minimum absolute atomic E-state index is 0.178. The summed E-state index contributed by atoms with van der Waals surface area (Å²) in [5, 5.41) is 0.974. The third-order valence-electron chi connectivity index (χ3n) is 7.39. The molecule has 2 aromatic carbocycles. The second-order valence-corrected chi connectivity index (χ2v) is 10.1. The molecule has 2 aliphatic rings. The zero-order valence-electron chi connectivity index (χ0n) is 22.1. The Hall–Kier alpha value is -4.15. The highest BCUT2D eigenvalue weighted by Crippen LogP contribution is 2.31. The number of amides is 1. The Morgan fingerprint density at radius 2 is 1.64 bits per heavy atom. The van der Waals surface area contributed by atoms with Gasteiger partial charge in [0.1, 0.15) is 5.82 Å². The highest BCUT2D eigenvalue weighted by molar-refractivity contribution is 5.94. The summed E-state index contributed by atoms with van der Waals surface area (Å²) >= 11 is 0. The number of aromatic nitrogens is 4. The Balaban J connectivity index is 1.34. The lowest BCUT2D eigenvalue weighted by Crippen LogP contribution is -2.47. The molecular formula is C29H32N8O2. The normalized spacial score (nSPS) is 16.5. The maximum absolute atomic E-state index is 12.9. The quantitative estimate of drug-likeness (QED) is 0.421. The SMILES string of the molecule is CN1CCN(C(=O)Cc2cccc(-c3ccc4c(N5CCOCC5)nc(-c5cnc(N)nc5)nc4c3)c2)CC1. The zero-order valence-corrected chi connectivity index (χ0v) is 22.1. The number of likely N-dealkylation sites (N-methyl/N-ethyl adjacent to an activating group) is 1. The van der Waals surface area contributed by atoms with Crippen molar-refractivity contribution in [2.45, 2.75) is 6.42 Å². The topological polar surface area (TPSA) is 114 Å². The molecule has 2 N–H and O–H groups in total. The van der Waals surface area contributed by atoms with E-state index in [0.29, 0.717) is 31.0 Å². The van der Waals surface area contributed by atoms with E-state index in [4.69, 9.17) is 20.4 Å². The van der Waals surface area contributed by atoms with Crippen molar-refractivity contribution in [3.05, 3.63) is 60.4 Å². The Morgan fingerprint density at radius 1 is 0.897 bits per heavy atom. The van der Waals surface area contributed by atoms with Crippen LogP contribution in [0.15, 0.2) is 54.9 Å². The predicted octanol–water partition coefficient (Wildman–Crippen LogP) is 2.49. The van der Waals surface area contributed by atoms with Crippen molar-refractivity contribution in [2.75, 3.05) is 70.2 Å². The minimum Gasteiger partial charge on any atom is -0.378 e. The summed E-state index contributed by atoms with van der Waals surface area (Å²) in [6, 6.07) is 14.5. The smallest absolute Gasteiger partial charge is 0.227 e. The number of carbonyl (C=O) groups excluding carboxylic acids is 1. The Kier molecular flexibility index (Phi) is 7.04. The number of nitrogen functional groups attached to an aromatic ring is 1. The van der Waals surface area contributed by atoms with E-state index in [-0.39, 0.29) is 11.9 Å². The van der Waals surface area contributed by atoms with Crippen molar-refractivity contribution in [1.29, 1.82) is 0 Å². The standard InChI is InChI=1S/C29H32N8O2/c1-35-7-9-36(10-8-35)26(38)16-20-3-2-4-21(15-20)22-5-6-24-25(17-22)33-27(23-18-31-29(30)32-19-23)34-28(24)37-11-13-39-14-12-37/h2-6,15,17-19H,7-14,16H2,1H3,(H2,30,31,32). The van der Waals surface area contributed by atoms with E-state index in [1.807, 2.05) is 17.0 Å². The van der Waals surface area contributed by atoms with Gasteiger partial charge < -0.3 is 25.2 Å². The molecule has 0 unspecified atom stereocenters. The second-order valence-electron chi connectivity index (χ2n) is 10.1. The average molecular weight is 525 g/mol. The Bertz CT molecular complexity index is 1480. The molecule has 2 fully saturated rings. The van der Waals surface area contributed by atoms with Gasteiger partial charge in [-0.3, -0.25) is 4.79 Å². The maximum Gasteiger partial charge on any atom is 0.227 e. The lowest BCUT2D eigenvalue weighted by atomic mass is 10.00. The fourth-order valence-corrected chi connectivity index (χ4v) is 5.09.